The molecule has 207 valence electrons. The monoisotopic (exact) mass is 720 g/mol. The van der Waals surface area contributed by atoms with Crippen LogP contribution in [0.2, 0.25) is 0 Å². The van der Waals surface area contributed by atoms with E-state index in [-0.39, 0.29) is 88.6 Å². The molecule has 0 unspecified atom stereocenters. The van der Waals surface area contributed by atoms with Gasteiger partial charge in [0.2, 0.25) is 0 Å². The maximum absolute atomic E-state index is 8.74. The molecule has 0 saturated heterocycles. The van der Waals surface area contributed by atoms with Gasteiger partial charge in [-0.05, 0) is 71.5 Å². The van der Waals surface area contributed by atoms with Crippen molar-refractivity contribution in [3.63, 3.8) is 0 Å². The van der Waals surface area contributed by atoms with Gasteiger partial charge in [0, 0.05) is 51.7 Å². The second-order valence-electron chi connectivity index (χ2n) is 9.69. The zero-order valence-corrected chi connectivity index (χ0v) is 24.6. The largest absolute Gasteiger partial charge is 0.304 e. The fraction of sp³-hybridized carbons (Fsp3) is 0.243. The van der Waals surface area contributed by atoms with Crippen LogP contribution in [0.4, 0.5) is 0 Å². The molecular formula is C37H38IrN2-2. The molecule has 0 bridgehead atoms. The first-order valence-electron chi connectivity index (χ1n) is 20.6. The summed E-state index contributed by atoms with van der Waals surface area (Å²) < 4.78 is 133. The Morgan fingerprint density at radius 2 is 1.55 bits per heavy atom. The average Bonchev–Trinajstić information content (AvgIpc) is 3.07. The third-order valence-electron chi connectivity index (χ3n) is 5.31. The summed E-state index contributed by atoms with van der Waals surface area (Å²) in [5.41, 5.74) is -0.197. The van der Waals surface area contributed by atoms with E-state index in [9.17, 15) is 0 Å². The van der Waals surface area contributed by atoms with Gasteiger partial charge in [0.15, 0.2) is 0 Å². The van der Waals surface area contributed by atoms with Gasteiger partial charge in [-0.25, -0.2) is 0 Å². The van der Waals surface area contributed by atoms with E-state index in [2.05, 4.69) is 22.1 Å². The standard InChI is InChI=1S/C23H24N.C14H14N.Ir/c1-17-16-24-22(20-8-6-5-7-9-20)14-21(17)19-12-10-18(11-13-19)15-23(2,3)4;1-10-4-6-13(7-5-10)14-8-11(2)12(3)9-15-14;/h5-8,10-14,16H,15H2,1-4H3;4-6,8-9H,1-3H3;/q2*-1;/i1D3,12D,13D,14D,15D2;1D3,2D3,3D3;. The Morgan fingerprint density at radius 3 is 2.17 bits per heavy atom. The van der Waals surface area contributed by atoms with E-state index in [1.165, 1.54) is 36.4 Å². The summed E-state index contributed by atoms with van der Waals surface area (Å²) >= 11 is 0. The summed E-state index contributed by atoms with van der Waals surface area (Å²) in [5, 5.41) is 0. The number of pyridine rings is 2. The van der Waals surface area contributed by atoms with Crippen LogP contribution in [-0.2, 0) is 26.5 Å². The van der Waals surface area contributed by atoms with Crippen LogP contribution >= 0.6 is 0 Å². The minimum atomic E-state index is -2.62. The van der Waals surface area contributed by atoms with Crippen molar-refractivity contribution in [3.8, 4) is 33.6 Å². The van der Waals surface area contributed by atoms with Crippen molar-refractivity contribution in [1.82, 2.24) is 9.97 Å². The summed E-state index contributed by atoms with van der Waals surface area (Å²) in [4.78, 5) is 8.19. The van der Waals surface area contributed by atoms with Gasteiger partial charge in [-0.15, -0.1) is 71.3 Å². The van der Waals surface area contributed by atoms with Gasteiger partial charge >= 0.3 is 0 Å². The van der Waals surface area contributed by atoms with Gasteiger partial charge in [0.05, 0.1) is 4.11 Å². The SMILES string of the molecule is [2H]C([2H])([2H])c1c[c-]c(-c2cc(C([2H])([2H])[2H])c(C([2H])([2H])[2H])cn2)cc1.[2H]c1cc(C([2H])([2H])C(C)(C)C)cc([2H])c1-c1c(C([2H])([2H])[2H])cnc(-c2[c-]cccc2)c1[2H].[Ir]. The van der Waals surface area contributed by atoms with E-state index in [0.717, 1.165) is 12.4 Å². The molecule has 0 aliphatic heterocycles. The molecule has 1 radical (unpaired) electrons. The Labute approximate surface area is 278 Å². The molecule has 2 nitrogen and oxygen atoms in total. The normalized spacial score (nSPS) is 18.6. The quantitative estimate of drug-likeness (QED) is 0.173. The summed E-state index contributed by atoms with van der Waals surface area (Å²) in [7, 11) is 0. The van der Waals surface area contributed by atoms with Crippen molar-refractivity contribution in [1.29, 1.82) is 0 Å². The summed E-state index contributed by atoms with van der Waals surface area (Å²) in [6, 6.07) is 19.9. The van der Waals surface area contributed by atoms with Gasteiger partial charge in [-0.2, -0.15) is 0 Å². The Kier molecular flexibility index (Phi) is 5.18. The van der Waals surface area contributed by atoms with E-state index >= 15 is 0 Å². The van der Waals surface area contributed by atoms with Crippen LogP contribution in [0.5, 0.6) is 0 Å². The molecular weight excluding hydrogens is 665 g/mol. The summed E-state index contributed by atoms with van der Waals surface area (Å²) in [6.45, 7) is -4.90. The fourth-order valence-electron chi connectivity index (χ4n) is 3.51. The van der Waals surface area contributed by atoms with Gasteiger partial charge in [-0.1, -0.05) is 69.5 Å². The second kappa shape index (κ2) is 13.8. The van der Waals surface area contributed by atoms with Gasteiger partial charge in [0.25, 0.3) is 0 Å². The number of benzene rings is 3. The molecule has 5 rings (SSSR count). The van der Waals surface area contributed by atoms with Gasteiger partial charge in [0.1, 0.15) is 0 Å². The third kappa shape index (κ3) is 8.55. The Morgan fingerprint density at radius 1 is 0.825 bits per heavy atom. The number of aromatic nitrogens is 2. The van der Waals surface area contributed by atoms with E-state index in [1.807, 2.05) is 0 Å². The fourth-order valence-corrected chi connectivity index (χ4v) is 3.51. The second-order valence-corrected chi connectivity index (χ2v) is 9.69. The van der Waals surface area contributed by atoms with Crippen LogP contribution < -0.4 is 0 Å². The molecule has 2 heterocycles. The molecule has 0 spiro atoms. The predicted octanol–water partition coefficient (Wildman–Crippen LogP) is 9.58. The van der Waals surface area contributed by atoms with Crippen LogP contribution in [0.1, 0.15) is 71.9 Å². The predicted molar refractivity (Wildman–Crippen MR) is 165 cm³/mol. The van der Waals surface area contributed by atoms with Crippen LogP contribution in [0.15, 0.2) is 91.2 Å². The average molecular weight is 720 g/mol. The first kappa shape index (κ1) is 15.0. The third-order valence-corrected chi connectivity index (χ3v) is 5.31. The van der Waals surface area contributed by atoms with E-state index in [1.54, 1.807) is 45.0 Å². The molecule has 0 aliphatic rings. The minimum Gasteiger partial charge on any atom is -0.304 e. The molecule has 0 saturated carbocycles. The molecule has 0 amide bonds. The summed E-state index contributed by atoms with van der Waals surface area (Å²) in [5.74, 6) is 0. The first-order valence-corrected chi connectivity index (χ1v) is 12.1. The van der Waals surface area contributed by atoms with Crippen molar-refractivity contribution in [2.45, 2.75) is 54.6 Å². The van der Waals surface area contributed by atoms with Crippen LogP contribution in [0.25, 0.3) is 33.6 Å². The Balaban J connectivity index is 0.000000312. The van der Waals surface area contributed by atoms with Crippen molar-refractivity contribution >= 4 is 0 Å². The number of aryl methyl sites for hydroxylation is 4. The number of nitrogens with zero attached hydrogens (tertiary/aromatic N) is 2. The number of hydrogen-bond donors (Lipinski definition) is 0. The zero-order valence-electron chi connectivity index (χ0n) is 39.2. The maximum Gasteiger partial charge on any atom is 0.0629 e. The van der Waals surface area contributed by atoms with Gasteiger partial charge < -0.3 is 9.97 Å². The minimum absolute atomic E-state index is 0. The number of hydrogen-bond acceptors (Lipinski definition) is 2. The topological polar surface area (TPSA) is 25.8 Å². The molecule has 5 aromatic rings. The van der Waals surface area contributed by atoms with E-state index in [4.69, 9.17) is 23.3 Å². The van der Waals surface area contributed by atoms with E-state index < -0.39 is 39.2 Å². The molecule has 0 fully saturated rings. The van der Waals surface area contributed by atoms with E-state index in [0.29, 0.717) is 11.1 Å². The molecule has 40 heavy (non-hydrogen) atoms. The zero-order chi connectivity index (χ0) is 42.4. The van der Waals surface area contributed by atoms with Crippen LogP contribution in [0.3, 0.4) is 0 Å². The molecule has 3 aromatic carbocycles. The number of rotatable bonds is 4. The molecule has 2 aromatic heterocycles. The summed E-state index contributed by atoms with van der Waals surface area (Å²) in [6.07, 6.45) is 0.365. The molecule has 0 N–H and O–H groups in total. The van der Waals surface area contributed by atoms with Crippen molar-refractivity contribution in [3.05, 3.63) is 131 Å². The maximum atomic E-state index is 8.74. The molecule has 0 atom stereocenters. The van der Waals surface area contributed by atoms with Crippen molar-refractivity contribution in [2.75, 3.05) is 0 Å². The smallest absolute Gasteiger partial charge is 0.0629 e. The molecule has 0 aliphatic carbocycles. The van der Waals surface area contributed by atoms with Gasteiger partial charge in [-0.3, -0.25) is 0 Å². The van der Waals surface area contributed by atoms with Crippen molar-refractivity contribution in [2.24, 2.45) is 5.41 Å². The van der Waals surface area contributed by atoms with Crippen LogP contribution in [0, 0.1) is 45.0 Å². The van der Waals surface area contributed by atoms with Crippen molar-refractivity contribution < 1.29 is 43.4 Å². The first-order chi connectivity index (χ1) is 25.5. The molecule has 3 heteroatoms. The Hall–Kier alpha value is -3.39. The Bertz CT molecular complexity index is 2160. The van der Waals surface area contributed by atoms with Crippen LogP contribution in [-0.4, -0.2) is 9.97 Å².